The first-order valence-electron chi connectivity index (χ1n) is 3.38. The summed E-state index contributed by atoms with van der Waals surface area (Å²) in [5, 5.41) is 0. The number of hydrogen-bond acceptors (Lipinski definition) is 3. The molecule has 0 aliphatic heterocycles. The molecule has 0 atom stereocenters. The predicted octanol–water partition coefficient (Wildman–Crippen LogP) is 2.75. The van der Waals surface area contributed by atoms with Gasteiger partial charge in [-0.1, -0.05) is 0 Å². The van der Waals surface area contributed by atoms with Crippen LogP contribution in [0.1, 0.15) is 0 Å². The number of halogens is 4. The molecule has 7 heteroatoms. The topological polar surface area (TPSA) is 31.4 Å². The van der Waals surface area contributed by atoms with E-state index in [2.05, 4.69) is 30.4 Å². The Bertz CT molecular complexity index is 329. The highest BCUT2D eigenvalue weighted by Crippen LogP contribution is 2.35. The lowest BCUT2D eigenvalue weighted by atomic mass is 10.4. The number of pyridine rings is 1. The molecule has 0 N–H and O–H groups in total. The maximum Gasteiger partial charge on any atom is 0.574 e. The minimum atomic E-state index is -4.78. The van der Waals surface area contributed by atoms with Gasteiger partial charge >= 0.3 is 6.36 Å². The second kappa shape index (κ2) is 4.04. The number of aromatic nitrogens is 1. The first-order chi connectivity index (χ1) is 6.44. The summed E-state index contributed by atoms with van der Waals surface area (Å²) in [6.45, 7) is 0. The zero-order valence-corrected chi connectivity index (χ0v) is 8.52. The number of alkyl halides is 3. The van der Waals surface area contributed by atoms with E-state index in [9.17, 15) is 13.2 Å². The Kier molecular flexibility index (Phi) is 3.20. The molecule has 1 aromatic rings. The molecule has 0 unspecified atom stereocenters. The smallest absolute Gasteiger partial charge is 0.490 e. The van der Waals surface area contributed by atoms with Crippen LogP contribution in [-0.2, 0) is 0 Å². The van der Waals surface area contributed by atoms with Gasteiger partial charge in [-0.3, -0.25) is 0 Å². The predicted molar refractivity (Wildman–Crippen MR) is 45.2 cm³/mol. The monoisotopic (exact) mass is 271 g/mol. The summed E-state index contributed by atoms with van der Waals surface area (Å²) in [7, 11) is 1.23. The molecule has 78 valence electrons. The van der Waals surface area contributed by atoms with Gasteiger partial charge in [-0.25, -0.2) is 4.98 Å². The third-order valence-corrected chi connectivity index (χ3v) is 1.86. The van der Waals surface area contributed by atoms with E-state index in [1.807, 2.05) is 0 Å². The lowest BCUT2D eigenvalue weighted by molar-refractivity contribution is -0.276. The van der Waals surface area contributed by atoms with Crippen molar-refractivity contribution in [1.82, 2.24) is 4.98 Å². The van der Waals surface area contributed by atoms with Crippen LogP contribution in [0, 0.1) is 0 Å². The molecule has 14 heavy (non-hydrogen) atoms. The maximum absolute atomic E-state index is 11.9. The van der Waals surface area contributed by atoms with Crippen molar-refractivity contribution < 1.29 is 22.6 Å². The minimum Gasteiger partial charge on any atom is -0.490 e. The van der Waals surface area contributed by atoms with Crippen molar-refractivity contribution in [2.24, 2.45) is 0 Å². The molecule has 0 amide bonds. The lowest BCUT2D eigenvalue weighted by Crippen LogP contribution is -2.18. The molecule has 0 bridgehead atoms. The first kappa shape index (κ1) is 11.1. The van der Waals surface area contributed by atoms with E-state index in [0.717, 1.165) is 0 Å². The van der Waals surface area contributed by atoms with E-state index >= 15 is 0 Å². The van der Waals surface area contributed by atoms with Gasteiger partial charge in [-0.2, -0.15) is 0 Å². The van der Waals surface area contributed by atoms with E-state index in [1.165, 1.54) is 19.4 Å². The van der Waals surface area contributed by atoms with E-state index in [-0.39, 0.29) is 5.75 Å². The SMILES string of the molecule is COc1c(Br)ccnc1OC(F)(F)F. The molecule has 1 aromatic heterocycles. The van der Waals surface area contributed by atoms with Crippen LogP contribution in [0.3, 0.4) is 0 Å². The van der Waals surface area contributed by atoms with Crippen molar-refractivity contribution in [3.63, 3.8) is 0 Å². The number of ether oxygens (including phenoxy) is 2. The van der Waals surface area contributed by atoms with E-state index in [4.69, 9.17) is 0 Å². The summed E-state index contributed by atoms with van der Waals surface area (Å²) in [6.07, 6.45) is -3.60. The molecular formula is C7H5BrF3NO2. The van der Waals surface area contributed by atoms with Crippen LogP contribution >= 0.6 is 15.9 Å². The van der Waals surface area contributed by atoms with Crippen molar-refractivity contribution in [2.75, 3.05) is 7.11 Å². The van der Waals surface area contributed by atoms with Gasteiger partial charge in [-0.15, -0.1) is 13.2 Å². The minimum absolute atomic E-state index is 0.0928. The summed E-state index contributed by atoms with van der Waals surface area (Å²) >= 11 is 3.00. The summed E-state index contributed by atoms with van der Waals surface area (Å²) in [5.74, 6) is -0.709. The molecule has 1 rings (SSSR count). The Morgan fingerprint density at radius 1 is 1.43 bits per heavy atom. The zero-order chi connectivity index (χ0) is 10.8. The van der Waals surface area contributed by atoms with Crippen molar-refractivity contribution in [1.29, 1.82) is 0 Å². The van der Waals surface area contributed by atoms with E-state index < -0.39 is 12.2 Å². The molecular weight excluding hydrogens is 267 g/mol. The molecule has 0 aromatic carbocycles. The van der Waals surface area contributed by atoms with E-state index in [0.29, 0.717) is 4.47 Å². The average molecular weight is 272 g/mol. The summed E-state index contributed by atoms with van der Waals surface area (Å²) in [5.41, 5.74) is 0. The second-order valence-corrected chi connectivity index (χ2v) is 3.03. The van der Waals surface area contributed by atoms with Gasteiger partial charge in [0.2, 0.25) is 0 Å². The highest BCUT2D eigenvalue weighted by atomic mass is 79.9. The molecule has 0 aliphatic rings. The van der Waals surface area contributed by atoms with Gasteiger partial charge in [0, 0.05) is 6.20 Å². The van der Waals surface area contributed by atoms with Crippen LogP contribution in [-0.4, -0.2) is 18.5 Å². The fourth-order valence-electron chi connectivity index (χ4n) is 0.774. The molecule has 0 spiro atoms. The van der Waals surface area contributed by atoms with Crippen LogP contribution in [0.15, 0.2) is 16.7 Å². The average Bonchev–Trinajstić information content (AvgIpc) is 2.01. The molecule has 1 heterocycles. The van der Waals surface area contributed by atoms with Crippen molar-refractivity contribution >= 4 is 15.9 Å². The summed E-state index contributed by atoms with van der Waals surface area (Å²) in [6, 6.07) is 1.45. The van der Waals surface area contributed by atoms with Gasteiger partial charge in [0.1, 0.15) is 0 Å². The fourth-order valence-corrected chi connectivity index (χ4v) is 1.22. The van der Waals surface area contributed by atoms with Gasteiger partial charge in [0.05, 0.1) is 11.6 Å². The highest BCUT2D eigenvalue weighted by Gasteiger charge is 2.33. The lowest BCUT2D eigenvalue weighted by Gasteiger charge is -2.11. The van der Waals surface area contributed by atoms with Gasteiger partial charge in [0.25, 0.3) is 5.88 Å². The van der Waals surface area contributed by atoms with Crippen LogP contribution in [0.2, 0.25) is 0 Å². The first-order valence-corrected chi connectivity index (χ1v) is 4.17. The normalized spacial score (nSPS) is 11.2. The van der Waals surface area contributed by atoms with Gasteiger partial charge in [0.15, 0.2) is 5.75 Å². The standard InChI is InChI=1S/C7H5BrF3NO2/c1-13-5-4(8)2-3-12-6(5)14-7(9,10)11/h2-3H,1H3. The second-order valence-electron chi connectivity index (χ2n) is 2.18. The molecule has 0 aliphatic carbocycles. The summed E-state index contributed by atoms with van der Waals surface area (Å²) < 4.78 is 44.2. The Hall–Kier alpha value is -0.980. The number of rotatable bonds is 2. The third-order valence-electron chi connectivity index (χ3n) is 1.24. The van der Waals surface area contributed by atoms with Crippen LogP contribution in [0.4, 0.5) is 13.2 Å². The Labute approximate surface area is 86.0 Å². The number of hydrogen-bond donors (Lipinski definition) is 0. The number of nitrogens with zero attached hydrogens (tertiary/aromatic N) is 1. The van der Waals surface area contributed by atoms with Crippen molar-refractivity contribution in [3.8, 4) is 11.6 Å². The Balaban J connectivity index is 3.02. The zero-order valence-electron chi connectivity index (χ0n) is 6.93. The maximum atomic E-state index is 11.9. The molecule has 0 fully saturated rings. The quantitative estimate of drug-likeness (QED) is 0.829. The van der Waals surface area contributed by atoms with Crippen molar-refractivity contribution in [2.45, 2.75) is 6.36 Å². The summed E-state index contributed by atoms with van der Waals surface area (Å²) in [4.78, 5) is 3.40. The van der Waals surface area contributed by atoms with Crippen LogP contribution in [0.5, 0.6) is 11.6 Å². The molecule has 0 saturated heterocycles. The molecule has 0 saturated carbocycles. The van der Waals surface area contributed by atoms with Gasteiger partial charge < -0.3 is 9.47 Å². The largest absolute Gasteiger partial charge is 0.574 e. The Morgan fingerprint density at radius 2 is 2.07 bits per heavy atom. The highest BCUT2D eigenvalue weighted by molar-refractivity contribution is 9.10. The van der Waals surface area contributed by atoms with E-state index in [1.54, 1.807) is 0 Å². The fraction of sp³-hybridized carbons (Fsp3) is 0.286. The van der Waals surface area contributed by atoms with Gasteiger partial charge in [-0.05, 0) is 22.0 Å². The van der Waals surface area contributed by atoms with Crippen molar-refractivity contribution in [3.05, 3.63) is 16.7 Å². The molecule has 3 nitrogen and oxygen atoms in total. The number of methoxy groups -OCH3 is 1. The third kappa shape index (κ3) is 2.76. The van der Waals surface area contributed by atoms with Crippen LogP contribution < -0.4 is 9.47 Å². The van der Waals surface area contributed by atoms with Crippen LogP contribution in [0.25, 0.3) is 0 Å². The Morgan fingerprint density at radius 3 is 2.57 bits per heavy atom. The molecule has 0 radical (unpaired) electrons.